The first-order valence-electron chi connectivity index (χ1n) is 4.12. The Bertz CT molecular complexity index is 228. The Kier molecular flexibility index (Phi) is 5.87. The molecule has 0 amide bonds. The summed E-state index contributed by atoms with van der Waals surface area (Å²) in [5, 5.41) is 8.17. The molecule has 6 heteroatoms. The van der Waals surface area contributed by atoms with Gasteiger partial charge >= 0.3 is 0 Å². The van der Waals surface area contributed by atoms with Gasteiger partial charge in [0.05, 0.1) is 0 Å². The second kappa shape index (κ2) is 5.80. The van der Waals surface area contributed by atoms with Crippen molar-refractivity contribution in [2.45, 2.75) is 26.3 Å². The minimum atomic E-state index is -3.34. The molecule has 0 unspecified atom stereocenters. The lowest BCUT2D eigenvalue weighted by Crippen LogP contribution is -2.38. The molecule has 0 aromatic rings. The van der Waals surface area contributed by atoms with Crippen LogP contribution in [-0.2, 0) is 10.0 Å². The molecule has 0 aromatic carbocycles. The molecule has 0 atom stereocenters. The van der Waals surface area contributed by atoms with Crippen molar-refractivity contribution in [2.75, 3.05) is 18.4 Å². The number of hydrogen-bond acceptors (Lipinski definition) is 3. The Morgan fingerprint density at radius 3 is 2.31 bits per heavy atom. The van der Waals surface area contributed by atoms with E-state index in [1.165, 1.54) is 4.31 Å². The van der Waals surface area contributed by atoms with E-state index in [1.807, 2.05) is 0 Å². The zero-order valence-electron chi connectivity index (χ0n) is 7.90. The van der Waals surface area contributed by atoms with Gasteiger partial charge in [-0.15, -0.1) is 11.6 Å². The largest absolute Gasteiger partial charge is 0.396 e. The highest BCUT2D eigenvalue weighted by Crippen LogP contribution is 2.09. The summed E-state index contributed by atoms with van der Waals surface area (Å²) in [7, 11) is -3.34. The van der Waals surface area contributed by atoms with Crippen LogP contribution in [0.25, 0.3) is 0 Å². The van der Waals surface area contributed by atoms with Gasteiger partial charge in [-0.05, 0) is 20.3 Å². The lowest BCUT2D eigenvalue weighted by molar-refractivity contribution is 0.259. The molecule has 0 radical (unpaired) electrons. The Morgan fingerprint density at radius 1 is 1.46 bits per heavy atom. The van der Waals surface area contributed by atoms with E-state index in [0.29, 0.717) is 13.0 Å². The number of rotatable bonds is 6. The highest BCUT2D eigenvalue weighted by Gasteiger charge is 2.22. The zero-order chi connectivity index (χ0) is 10.5. The summed E-state index contributed by atoms with van der Waals surface area (Å²) in [5.74, 6) is 0. The molecule has 0 rings (SSSR count). The van der Waals surface area contributed by atoms with Crippen molar-refractivity contribution in [1.29, 1.82) is 0 Å². The van der Waals surface area contributed by atoms with E-state index in [2.05, 4.69) is 0 Å². The van der Waals surface area contributed by atoms with Crippen LogP contribution >= 0.6 is 11.6 Å². The molecule has 0 heterocycles. The summed E-state index contributed by atoms with van der Waals surface area (Å²) >= 11 is 5.32. The topological polar surface area (TPSA) is 57.6 Å². The van der Waals surface area contributed by atoms with Gasteiger partial charge in [-0.3, -0.25) is 0 Å². The van der Waals surface area contributed by atoms with Crippen LogP contribution in [0.1, 0.15) is 20.3 Å². The van der Waals surface area contributed by atoms with Crippen LogP contribution in [0.5, 0.6) is 0 Å². The molecule has 0 aromatic heterocycles. The molecule has 80 valence electrons. The van der Waals surface area contributed by atoms with Gasteiger partial charge in [-0.2, -0.15) is 4.31 Å². The first kappa shape index (κ1) is 13.2. The molecular weight excluding hydrogens is 214 g/mol. The Morgan fingerprint density at radius 2 is 2.00 bits per heavy atom. The Balaban J connectivity index is 4.43. The normalized spacial score (nSPS) is 12.8. The predicted molar refractivity (Wildman–Crippen MR) is 53.2 cm³/mol. The molecule has 0 fully saturated rings. The van der Waals surface area contributed by atoms with E-state index in [0.717, 1.165) is 0 Å². The van der Waals surface area contributed by atoms with E-state index in [4.69, 9.17) is 16.7 Å². The van der Waals surface area contributed by atoms with Gasteiger partial charge < -0.3 is 5.11 Å². The fraction of sp³-hybridized carbons (Fsp3) is 1.00. The SMILES string of the molecule is CC(C)N(CCCO)S(=O)(=O)CCl. The molecule has 1 N–H and O–H groups in total. The Hall–Kier alpha value is 0.160. The monoisotopic (exact) mass is 229 g/mol. The highest BCUT2D eigenvalue weighted by atomic mass is 35.5. The first-order chi connectivity index (χ1) is 5.95. The van der Waals surface area contributed by atoms with Gasteiger partial charge in [-0.25, -0.2) is 8.42 Å². The maximum Gasteiger partial charge on any atom is 0.228 e. The molecule has 0 aliphatic rings. The van der Waals surface area contributed by atoms with E-state index in [9.17, 15) is 8.42 Å². The van der Waals surface area contributed by atoms with Crippen LogP contribution in [0.4, 0.5) is 0 Å². The third-order valence-corrected chi connectivity index (χ3v) is 4.03. The number of alkyl halides is 1. The molecule has 4 nitrogen and oxygen atoms in total. The summed E-state index contributed by atoms with van der Waals surface area (Å²) < 4.78 is 24.0. The number of aliphatic hydroxyl groups excluding tert-OH is 1. The van der Waals surface area contributed by atoms with E-state index in [1.54, 1.807) is 13.8 Å². The Labute approximate surface area is 84.5 Å². The van der Waals surface area contributed by atoms with Crippen LogP contribution in [0.2, 0.25) is 0 Å². The van der Waals surface area contributed by atoms with Gasteiger partial charge in [0.15, 0.2) is 0 Å². The zero-order valence-corrected chi connectivity index (χ0v) is 9.48. The summed E-state index contributed by atoms with van der Waals surface area (Å²) in [4.78, 5) is 0. The summed E-state index contributed by atoms with van der Waals surface area (Å²) in [6, 6.07) is -0.115. The molecule has 13 heavy (non-hydrogen) atoms. The number of hydrogen-bond donors (Lipinski definition) is 1. The van der Waals surface area contributed by atoms with Crippen molar-refractivity contribution in [3.63, 3.8) is 0 Å². The second-order valence-corrected chi connectivity index (χ2v) is 5.51. The van der Waals surface area contributed by atoms with Gasteiger partial charge in [0.1, 0.15) is 5.21 Å². The third-order valence-electron chi connectivity index (χ3n) is 1.61. The quantitative estimate of drug-likeness (QED) is 0.679. The molecule has 0 aliphatic carbocycles. The number of sulfonamides is 1. The van der Waals surface area contributed by atoms with Crippen molar-refractivity contribution in [2.24, 2.45) is 0 Å². The molecular formula is C7H16ClNO3S. The average molecular weight is 230 g/mol. The van der Waals surface area contributed by atoms with Crippen LogP contribution < -0.4 is 0 Å². The summed E-state index contributed by atoms with van der Waals surface area (Å²) in [6.07, 6.45) is 0.439. The smallest absolute Gasteiger partial charge is 0.228 e. The van der Waals surface area contributed by atoms with Crippen molar-refractivity contribution >= 4 is 21.6 Å². The van der Waals surface area contributed by atoms with Crippen LogP contribution in [-0.4, -0.2) is 42.2 Å². The first-order valence-corrected chi connectivity index (χ1v) is 6.26. The van der Waals surface area contributed by atoms with E-state index in [-0.39, 0.29) is 12.6 Å². The van der Waals surface area contributed by atoms with Crippen molar-refractivity contribution < 1.29 is 13.5 Å². The van der Waals surface area contributed by atoms with Gasteiger partial charge in [0.2, 0.25) is 10.0 Å². The maximum atomic E-state index is 11.4. The minimum absolute atomic E-state index is 0.0129. The fourth-order valence-electron chi connectivity index (χ4n) is 1.01. The maximum absolute atomic E-state index is 11.4. The number of nitrogens with zero attached hydrogens (tertiary/aromatic N) is 1. The minimum Gasteiger partial charge on any atom is -0.396 e. The fourth-order valence-corrected chi connectivity index (χ4v) is 2.56. The van der Waals surface area contributed by atoms with E-state index < -0.39 is 15.2 Å². The van der Waals surface area contributed by atoms with E-state index >= 15 is 0 Å². The lowest BCUT2D eigenvalue weighted by Gasteiger charge is -2.24. The van der Waals surface area contributed by atoms with Gasteiger partial charge in [-0.1, -0.05) is 0 Å². The molecule has 0 bridgehead atoms. The number of halogens is 1. The van der Waals surface area contributed by atoms with Crippen LogP contribution in [0.3, 0.4) is 0 Å². The molecule has 0 aliphatic heterocycles. The molecule has 0 spiro atoms. The lowest BCUT2D eigenvalue weighted by atomic mass is 10.3. The van der Waals surface area contributed by atoms with Gasteiger partial charge in [0.25, 0.3) is 0 Å². The standard InChI is InChI=1S/C7H16ClNO3S/c1-7(2)9(4-3-5-10)13(11,12)6-8/h7,10H,3-6H2,1-2H3. The summed E-state index contributed by atoms with van der Waals surface area (Å²) in [6.45, 7) is 3.87. The van der Waals surface area contributed by atoms with Crippen molar-refractivity contribution in [3.05, 3.63) is 0 Å². The van der Waals surface area contributed by atoms with Crippen LogP contribution in [0, 0.1) is 0 Å². The average Bonchev–Trinajstić information content (AvgIpc) is 2.04. The second-order valence-electron chi connectivity index (χ2n) is 3.00. The molecule has 0 saturated carbocycles. The van der Waals surface area contributed by atoms with Crippen molar-refractivity contribution in [3.8, 4) is 0 Å². The van der Waals surface area contributed by atoms with Crippen LogP contribution in [0.15, 0.2) is 0 Å². The number of aliphatic hydroxyl groups is 1. The van der Waals surface area contributed by atoms with Crippen molar-refractivity contribution in [1.82, 2.24) is 4.31 Å². The van der Waals surface area contributed by atoms with Gasteiger partial charge in [0, 0.05) is 19.2 Å². The molecule has 0 saturated heterocycles. The summed E-state index contributed by atoms with van der Waals surface area (Å²) in [5.41, 5.74) is 0. The third kappa shape index (κ3) is 4.26. The highest BCUT2D eigenvalue weighted by molar-refractivity contribution is 7.90. The predicted octanol–water partition coefficient (Wildman–Crippen LogP) is 0.605.